The van der Waals surface area contributed by atoms with Gasteiger partial charge in [0.15, 0.2) is 5.82 Å². The smallest absolute Gasteiger partial charge is 0.266 e. The van der Waals surface area contributed by atoms with Crippen molar-refractivity contribution in [2.45, 2.75) is 6.92 Å². The minimum absolute atomic E-state index is 0.189. The van der Waals surface area contributed by atoms with Gasteiger partial charge in [-0.3, -0.25) is 9.36 Å². The molecule has 0 aliphatic rings. The maximum absolute atomic E-state index is 13.0. The monoisotopic (exact) mass is 222 g/mol. The summed E-state index contributed by atoms with van der Waals surface area (Å²) in [5.41, 5.74) is -0.0218. The summed E-state index contributed by atoms with van der Waals surface area (Å²) in [5.74, 6) is -1.77. The van der Waals surface area contributed by atoms with Gasteiger partial charge in [-0.1, -0.05) is 6.07 Å². The predicted molar refractivity (Wildman–Crippen MR) is 54.5 cm³/mol. The summed E-state index contributed by atoms with van der Waals surface area (Å²) in [5, 5.41) is 0. The van der Waals surface area contributed by atoms with Gasteiger partial charge in [0.2, 0.25) is 0 Å². The number of pyridine rings is 2. The molecule has 2 heterocycles. The van der Waals surface area contributed by atoms with E-state index < -0.39 is 17.2 Å². The second-order valence-electron chi connectivity index (χ2n) is 3.38. The van der Waals surface area contributed by atoms with Crippen molar-refractivity contribution >= 4 is 0 Å². The number of nitrogens with zero attached hydrogens (tertiary/aromatic N) is 2. The zero-order chi connectivity index (χ0) is 11.7. The molecule has 82 valence electrons. The number of halogens is 2. The van der Waals surface area contributed by atoms with Gasteiger partial charge in [0.25, 0.3) is 5.56 Å². The molecule has 16 heavy (non-hydrogen) atoms. The third-order valence-electron chi connectivity index (χ3n) is 2.08. The average molecular weight is 222 g/mol. The minimum Gasteiger partial charge on any atom is -0.266 e. The Hall–Kier alpha value is -2.04. The van der Waals surface area contributed by atoms with Crippen LogP contribution >= 0.6 is 0 Å². The van der Waals surface area contributed by atoms with Gasteiger partial charge in [-0.15, -0.1) is 0 Å². The molecular weight excluding hydrogens is 214 g/mol. The van der Waals surface area contributed by atoms with Crippen LogP contribution in [0.4, 0.5) is 8.78 Å². The molecule has 3 nitrogen and oxygen atoms in total. The number of hydrogen-bond donors (Lipinski definition) is 0. The Kier molecular flexibility index (Phi) is 2.52. The first-order chi connectivity index (χ1) is 7.58. The second kappa shape index (κ2) is 3.84. The number of aromatic nitrogens is 2. The van der Waals surface area contributed by atoms with E-state index in [1.54, 1.807) is 6.07 Å². The maximum Gasteiger partial charge on any atom is 0.292 e. The number of hydrogen-bond acceptors (Lipinski definition) is 2. The summed E-state index contributed by atoms with van der Waals surface area (Å²) in [4.78, 5) is 15.3. The molecule has 5 heteroatoms. The molecule has 0 aromatic carbocycles. The Bertz CT molecular complexity index is 576. The van der Waals surface area contributed by atoms with Crippen molar-refractivity contribution in [3.63, 3.8) is 0 Å². The van der Waals surface area contributed by atoms with Crippen molar-refractivity contribution in [2.75, 3.05) is 0 Å². The van der Waals surface area contributed by atoms with Gasteiger partial charge in [0.1, 0.15) is 11.6 Å². The predicted octanol–water partition coefficient (Wildman–Crippen LogP) is 1.82. The van der Waals surface area contributed by atoms with Gasteiger partial charge in [-0.05, 0) is 18.6 Å². The van der Waals surface area contributed by atoms with Crippen LogP contribution in [0.5, 0.6) is 0 Å². The van der Waals surface area contributed by atoms with Gasteiger partial charge < -0.3 is 0 Å². The molecule has 0 aliphatic carbocycles. The fourth-order valence-corrected chi connectivity index (χ4v) is 1.29. The fourth-order valence-electron chi connectivity index (χ4n) is 1.29. The lowest BCUT2D eigenvalue weighted by Gasteiger charge is -2.04. The highest BCUT2D eigenvalue weighted by Crippen LogP contribution is 2.05. The Balaban J connectivity index is 2.64. The summed E-state index contributed by atoms with van der Waals surface area (Å²) < 4.78 is 26.8. The van der Waals surface area contributed by atoms with E-state index in [0.717, 1.165) is 16.3 Å². The molecule has 0 bridgehead atoms. The van der Waals surface area contributed by atoms with Crippen molar-refractivity contribution in [3.05, 3.63) is 58.1 Å². The summed E-state index contributed by atoms with van der Waals surface area (Å²) in [7, 11) is 0. The molecule has 2 aromatic heterocycles. The van der Waals surface area contributed by atoms with E-state index in [4.69, 9.17) is 0 Å². The van der Waals surface area contributed by atoms with Gasteiger partial charge in [-0.2, -0.15) is 0 Å². The van der Waals surface area contributed by atoms with Crippen LogP contribution in [0.1, 0.15) is 5.56 Å². The van der Waals surface area contributed by atoms with Gasteiger partial charge in [0, 0.05) is 12.3 Å². The van der Waals surface area contributed by atoms with E-state index in [9.17, 15) is 13.6 Å². The summed E-state index contributed by atoms with van der Waals surface area (Å²) in [6.07, 6.45) is 2.42. The molecule has 0 fully saturated rings. The summed E-state index contributed by atoms with van der Waals surface area (Å²) >= 11 is 0. The van der Waals surface area contributed by atoms with Crippen LogP contribution in [0.15, 0.2) is 35.4 Å². The molecule has 0 N–H and O–H groups in total. The van der Waals surface area contributed by atoms with Crippen LogP contribution in [0.25, 0.3) is 5.82 Å². The highest BCUT2D eigenvalue weighted by atomic mass is 19.1. The molecule has 0 saturated heterocycles. The van der Waals surface area contributed by atoms with Gasteiger partial charge in [0.05, 0.1) is 6.20 Å². The minimum atomic E-state index is -1.14. The molecule has 0 spiro atoms. The van der Waals surface area contributed by atoms with Crippen LogP contribution in [0.3, 0.4) is 0 Å². The standard InChI is InChI=1S/C11H8F2N2O/c1-7-2-3-10(14-5-7)15-6-8(12)4-9(13)11(15)16/h2-6H,1H3. The topological polar surface area (TPSA) is 34.9 Å². The van der Waals surface area contributed by atoms with E-state index in [2.05, 4.69) is 4.98 Å². The van der Waals surface area contributed by atoms with Crippen molar-refractivity contribution in [2.24, 2.45) is 0 Å². The zero-order valence-electron chi connectivity index (χ0n) is 8.45. The van der Waals surface area contributed by atoms with Crippen LogP contribution in [-0.4, -0.2) is 9.55 Å². The van der Waals surface area contributed by atoms with Crippen LogP contribution in [0.2, 0.25) is 0 Å². The maximum atomic E-state index is 13.0. The molecule has 2 rings (SSSR count). The Labute approximate surface area is 90.0 Å². The number of aryl methyl sites for hydroxylation is 1. The molecule has 0 saturated carbocycles. The zero-order valence-corrected chi connectivity index (χ0v) is 8.45. The molecular formula is C11H8F2N2O. The van der Waals surface area contributed by atoms with Crippen molar-refractivity contribution < 1.29 is 8.78 Å². The van der Waals surface area contributed by atoms with Crippen molar-refractivity contribution in [3.8, 4) is 5.82 Å². The highest BCUT2D eigenvalue weighted by molar-refractivity contribution is 5.25. The first-order valence-corrected chi connectivity index (χ1v) is 4.58. The lowest BCUT2D eigenvalue weighted by atomic mass is 10.3. The van der Waals surface area contributed by atoms with Crippen molar-refractivity contribution in [1.82, 2.24) is 9.55 Å². The largest absolute Gasteiger partial charge is 0.292 e. The van der Waals surface area contributed by atoms with E-state index in [0.29, 0.717) is 6.07 Å². The van der Waals surface area contributed by atoms with E-state index in [1.165, 1.54) is 12.3 Å². The van der Waals surface area contributed by atoms with Gasteiger partial charge >= 0.3 is 0 Å². The van der Waals surface area contributed by atoms with E-state index in [1.807, 2.05) is 6.92 Å². The Morgan fingerprint density at radius 3 is 2.69 bits per heavy atom. The summed E-state index contributed by atoms with van der Waals surface area (Å²) in [6, 6.07) is 3.78. The lowest BCUT2D eigenvalue weighted by molar-refractivity contribution is 0.551. The van der Waals surface area contributed by atoms with Crippen molar-refractivity contribution in [1.29, 1.82) is 0 Å². The normalized spacial score (nSPS) is 10.4. The average Bonchev–Trinajstić information content (AvgIpc) is 2.25. The van der Waals surface area contributed by atoms with E-state index in [-0.39, 0.29) is 5.82 Å². The molecule has 0 radical (unpaired) electrons. The SMILES string of the molecule is Cc1ccc(-n2cc(F)cc(F)c2=O)nc1. The Morgan fingerprint density at radius 1 is 1.31 bits per heavy atom. The molecule has 0 aliphatic heterocycles. The van der Waals surface area contributed by atoms with Crippen LogP contribution < -0.4 is 5.56 Å². The van der Waals surface area contributed by atoms with E-state index >= 15 is 0 Å². The molecule has 0 unspecified atom stereocenters. The Morgan fingerprint density at radius 2 is 2.06 bits per heavy atom. The van der Waals surface area contributed by atoms with Crippen LogP contribution in [0, 0.1) is 18.6 Å². The summed E-state index contributed by atoms with van der Waals surface area (Å²) in [6.45, 7) is 1.83. The second-order valence-corrected chi connectivity index (χ2v) is 3.38. The van der Waals surface area contributed by atoms with Crippen LogP contribution in [-0.2, 0) is 0 Å². The quantitative estimate of drug-likeness (QED) is 0.737. The number of rotatable bonds is 1. The molecule has 0 amide bonds. The third-order valence-corrected chi connectivity index (χ3v) is 2.08. The van der Waals surface area contributed by atoms with Gasteiger partial charge in [-0.25, -0.2) is 13.8 Å². The highest BCUT2D eigenvalue weighted by Gasteiger charge is 2.08. The first-order valence-electron chi connectivity index (χ1n) is 4.58. The molecule has 2 aromatic rings. The first kappa shape index (κ1) is 10.5. The third kappa shape index (κ3) is 1.84. The fraction of sp³-hybridized carbons (Fsp3) is 0.0909. The lowest BCUT2D eigenvalue weighted by Crippen LogP contribution is -2.22. The molecule has 0 atom stereocenters.